The van der Waals surface area contributed by atoms with Crippen molar-refractivity contribution >= 4 is 46.2 Å². The Balaban J connectivity index is 1.53. The van der Waals surface area contributed by atoms with Gasteiger partial charge in [0.15, 0.2) is 5.76 Å². The molecule has 11 heteroatoms. The maximum absolute atomic E-state index is 12.6. The number of hydrogen-bond donors (Lipinski definition) is 4. The first-order valence-electron chi connectivity index (χ1n) is 10.2. The summed E-state index contributed by atoms with van der Waals surface area (Å²) in [5.74, 6) is -0.511. The smallest absolute Gasteiger partial charge is 0.395 e. The third-order valence-electron chi connectivity index (χ3n) is 4.77. The van der Waals surface area contributed by atoms with Crippen LogP contribution in [0.1, 0.15) is 46.4 Å². The van der Waals surface area contributed by atoms with Gasteiger partial charge in [0.2, 0.25) is 0 Å². The molecule has 4 N–H and O–H groups in total. The van der Waals surface area contributed by atoms with E-state index < -0.39 is 16.7 Å². The summed E-state index contributed by atoms with van der Waals surface area (Å²) in [5, 5.41) is 16.9. The third-order valence-corrected chi connectivity index (χ3v) is 5.64. The van der Waals surface area contributed by atoms with Crippen LogP contribution in [0.4, 0.5) is 11.6 Å². The molecule has 2 amide bonds. The zero-order valence-corrected chi connectivity index (χ0v) is 18.6. The minimum Gasteiger partial charge on any atom is -0.395 e. The number of carbonyl (C=O) groups excluding carboxylic acids is 2. The maximum atomic E-state index is 12.6. The maximum Gasteiger partial charge on any atom is 0.433 e. The highest BCUT2D eigenvalue weighted by atomic mass is 32.2. The second-order valence-electron chi connectivity index (χ2n) is 7.10. The first-order chi connectivity index (χ1) is 15.4. The van der Waals surface area contributed by atoms with E-state index in [-0.39, 0.29) is 24.8 Å². The van der Waals surface area contributed by atoms with Gasteiger partial charge in [-0.15, -0.1) is 0 Å². The van der Waals surface area contributed by atoms with Crippen molar-refractivity contribution in [1.82, 2.24) is 15.6 Å². The van der Waals surface area contributed by atoms with Crippen LogP contribution in [0.3, 0.4) is 0 Å². The summed E-state index contributed by atoms with van der Waals surface area (Å²) in [6, 6.07) is 8.25. The number of H-pyrrole nitrogens is 1. The molecule has 32 heavy (non-hydrogen) atoms. The number of unbranched alkanes of at least 4 members (excludes halogenated alkanes) is 1. The van der Waals surface area contributed by atoms with E-state index in [2.05, 4.69) is 27.3 Å². The standard InChI is InChI=1S/C21H25N5O5S/c1-3-4-11-32-25-14-5-6-16-15(12-14)13(2)19(24-16)21(28)23-10-9-22-20(27)17-7-8-18(31-17)26(29)30/h5-8,12,24-25H,3-4,9-11H2,1-2H3,(H,22,27)(H,23,28). The van der Waals surface area contributed by atoms with Crippen molar-refractivity contribution in [2.75, 3.05) is 23.6 Å². The molecule has 0 aliphatic heterocycles. The number of aromatic amines is 1. The van der Waals surface area contributed by atoms with Crippen molar-refractivity contribution < 1.29 is 18.9 Å². The van der Waals surface area contributed by atoms with Crippen molar-refractivity contribution in [3.8, 4) is 0 Å². The number of rotatable bonds is 11. The minimum atomic E-state index is -0.718. The molecule has 0 saturated heterocycles. The molecule has 0 aliphatic carbocycles. The Morgan fingerprint density at radius 1 is 1.16 bits per heavy atom. The molecule has 2 aromatic heterocycles. The number of nitro groups is 1. The zero-order valence-electron chi connectivity index (χ0n) is 17.8. The summed E-state index contributed by atoms with van der Waals surface area (Å²) in [7, 11) is 0. The van der Waals surface area contributed by atoms with Gasteiger partial charge >= 0.3 is 5.88 Å². The molecule has 0 radical (unpaired) electrons. The molecule has 0 atom stereocenters. The quantitative estimate of drug-likeness (QED) is 0.147. The monoisotopic (exact) mass is 459 g/mol. The first kappa shape index (κ1) is 23.2. The van der Waals surface area contributed by atoms with Crippen LogP contribution in [0.2, 0.25) is 0 Å². The largest absolute Gasteiger partial charge is 0.433 e. The van der Waals surface area contributed by atoms with Gasteiger partial charge in [-0.05, 0) is 43.2 Å². The third kappa shape index (κ3) is 5.61. The molecule has 170 valence electrons. The van der Waals surface area contributed by atoms with Crippen molar-refractivity contribution in [2.45, 2.75) is 26.7 Å². The molecule has 3 aromatic rings. The molecule has 0 fully saturated rings. The highest BCUT2D eigenvalue weighted by molar-refractivity contribution is 8.00. The van der Waals surface area contributed by atoms with Gasteiger partial charge in [-0.1, -0.05) is 25.3 Å². The number of amides is 2. The van der Waals surface area contributed by atoms with Crippen molar-refractivity contribution in [2.24, 2.45) is 0 Å². The lowest BCUT2D eigenvalue weighted by Crippen LogP contribution is -2.34. The molecule has 0 saturated carbocycles. The predicted octanol–water partition coefficient (Wildman–Crippen LogP) is 4.00. The molecule has 10 nitrogen and oxygen atoms in total. The summed E-state index contributed by atoms with van der Waals surface area (Å²) < 4.78 is 8.17. The molecule has 0 aliphatic rings. The average Bonchev–Trinajstić information content (AvgIpc) is 3.40. The normalized spacial score (nSPS) is 10.8. The highest BCUT2D eigenvalue weighted by Crippen LogP contribution is 2.26. The van der Waals surface area contributed by atoms with E-state index >= 15 is 0 Å². The van der Waals surface area contributed by atoms with Crippen molar-refractivity contribution in [1.29, 1.82) is 0 Å². The van der Waals surface area contributed by atoms with Crippen molar-refractivity contribution in [3.63, 3.8) is 0 Å². The van der Waals surface area contributed by atoms with E-state index in [9.17, 15) is 19.7 Å². The van der Waals surface area contributed by atoms with Crippen LogP contribution in [-0.2, 0) is 0 Å². The Morgan fingerprint density at radius 3 is 2.59 bits per heavy atom. The fraction of sp³-hybridized carbons (Fsp3) is 0.333. The molecule has 1 aromatic carbocycles. The Kier molecular flexibility index (Phi) is 7.77. The lowest BCUT2D eigenvalue weighted by atomic mass is 10.1. The highest BCUT2D eigenvalue weighted by Gasteiger charge is 2.18. The SMILES string of the molecule is CCCCSNc1ccc2[nH]c(C(=O)NCCNC(=O)c3ccc([N+](=O)[O-])o3)c(C)c2c1. The van der Waals surface area contributed by atoms with Gasteiger partial charge in [0.25, 0.3) is 11.8 Å². The molecule has 0 unspecified atom stereocenters. The Morgan fingerprint density at radius 2 is 1.91 bits per heavy atom. The van der Waals surface area contributed by atoms with E-state index in [1.165, 1.54) is 6.07 Å². The number of carbonyl (C=O) groups is 2. The number of nitrogens with one attached hydrogen (secondary N) is 4. The lowest BCUT2D eigenvalue weighted by molar-refractivity contribution is -0.402. The minimum absolute atomic E-state index is 0.140. The van der Waals surface area contributed by atoms with Crippen LogP contribution >= 0.6 is 11.9 Å². The molecular weight excluding hydrogens is 434 g/mol. The molecule has 0 bridgehead atoms. The number of aryl methyl sites for hydroxylation is 1. The van der Waals surface area contributed by atoms with Gasteiger partial charge < -0.3 is 24.8 Å². The second-order valence-corrected chi connectivity index (χ2v) is 8.00. The van der Waals surface area contributed by atoms with Crippen LogP contribution in [0.15, 0.2) is 34.7 Å². The van der Waals surface area contributed by atoms with Gasteiger partial charge in [-0.25, -0.2) is 0 Å². The Bertz CT molecular complexity index is 1120. The van der Waals surface area contributed by atoms with Crippen LogP contribution in [0.25, 0.3) is 10.9 Å². The summed E-state index contributed by atoms with van der Waals surface area (Å²) in [5.41, 5.74) is 3.15. The van der Waals surface area contributed by atoms with Gasteiger partial charge in [-0.2, -0.15) is 0 Å². The van der Waals surface area contributed by atoms with Gasteiger partial charge in [0, 0.05) is 35.4 Å². The van der Waals surface area contributed by atoms with E-state index in [4.69, 9.17) is 4.42 Å². The molecule has 3 rings (SSSR count). The number of furan rings is 1. The van der Waals surface area contributed by atoms with Gasteiger partial charge in [-0.3, -0.25) is 19.7 Å². The van der Waals surface area contributed by atoms with Gasteiger partial charge in [0.1, 0.15) is 10.6 Å². The molecule has 0 spiro atoms. The van der Waals surface area contributed by atoms with E-state index in [1.54, 1.807) is 11.9 Å². The predicted molar refractivity (Wildman–Crippen MR) is 124 cm³/mol. The lowest BCUT2D eigenvalue weighted by Gasteiger charge is -2.06. The first-order valence-corrected chi connectivity index (χ1v) is 11.2. The summed E-state index contributed by atoms with van der Waals surface area (Å²) in [6.45, 7) is 4.36. The fourth-order valence-electron chi connectivity index (χ4n) is 3.04. The van der Waals surface area contributed by atoms with Crippen molar-refractivity contribution in [3.05, 3.63) is 57.5 Å². The topological polar surface area (TPSA) is 142 Å². The van der Waals surface area contributed by atoms with Crippen LogP contribution in [-0.4, -0.2) is 40.6 Å². The molecule has 2 heterocycles. The summed E-state index contributed by atoms with van der Waals surface area (Å²) >= 11 is 1.66. The second kappa shape index (κ2) is 10.7. The van der Waals surface area contributed by atoms with Crippen LogP contribution < -0.4 is 15.4 Å². The van der Waals surface area contributed by atoms with E-state index in [1.807, 2.05) is 25.1 Å². The summed E-state index contributed by atoms with van der Waals surface area (Å²) in [4.78, 5) is 37.6. The van der Waals surface area contributed by atoms with Gasteiger partial charge in [0.05, 0.1) is 6.07 Å². The average molecular weight is 460 g/mol. The zero-order chi connectivity index (χ0) is 23.1. The number of nitrogens with zero attached hydrogens (tertiary/aromatic N) is 1. The fourth-order valence-corrected chi connectivity index (χ4v) is 3.87. The number of benzene rings is 1. The number of aromatic nitrogens is 1. The number of fused-ring (bicyclic) bond motifs is 1. The van der Waals surface area contributed by atoms with Crippen LogP contribution in [0.5, 0.6) is 0 Å². The number of hydrogen-bond acceptors (Lipinski definition) is 7. The van der Waals surface area contributed by atoms with E-state index in [0.717, 1.165) is 46.8 Å². The Labute approximate surface area is 188 Å². The van der Waals surface area contributed by atoms with E-state index in [0.29, 0.717) is 5.69 Å². The Hall–Kier alpha value is -3.47. The molecular formula is C21H25N5O5S. The summed E-state index contributed by atoms with van der Waals surface area (Å²) in [6.07, 6.45) is 2.30. The number of anilines is 1. The van der Waals surface area contributed by atoms with Crippen LogP contribution in [0, 0.1) is 17.0 Å².